The molecule has 0 aliphatic carbocycles. The average Bonchev–Trinajstić information content (AvgIpc) is 2.35. The first-order valence-corrected chi connectivity index (χ1v) is 7.47. The van der Waals surface area contributed by atoms with Crippen molar-refractivity contribution >= 4 is 11.6 Å². The molecule has 18 heavy (non-hydrogen) atoms. The van der Waals surface area contributed by atoms with Gasteiger partial charge in [-0.3, -0.25) is 0 Å². The molecule has 1 N–H and O–H groups in total. The summed E-state index contributed by atoms with van der Waals surface area (Å²) in [4.78, 5) is 0. The molecule has 1 aromatic carbocycles. The van der Waals surface area contributed by atoms with Crippen LogP contribution in [-0.4, -0.2) is 12.6 Å². The van der Waals surface area contributed by atoms with E-state index in [4.69, 9.17) is 11.6 Å². The van der Waals surface area contributed by atoms with E-state index >= 15 is 0 Å². The fourth-order valence-corrected chi connectivity index (χ4v) is 2.19. The Morgan fingerprint density at radius 3 is 2.33 bits per heavy atom. The van der Waals surface area contributed by atoms with Gasteiger partial charge in [-0.2, -0.15) is 0 Å². The van der Waals surface area contributed by atoms with Crippen LogP contribution < -0.4 is 5.32 Å². The van der Waals surface area contributed by atoms with Crippen LogP contribution in [-0.2, 0) is 6.42 Å². The van der Waals surface area contributed by atoms with Gasteiger partial charge in [-0.05, 0) is 55.8 Å². The molecule has 0 saturated heterocycles. The Hall–Kier alpha value is -0.530. The first-order valence-electron chi connectivity index (χ1n) is 7.09. The second kappa shape index (κ2) is 8.55. The Morgan fingerprint density at radius 2 is 1.78 bits per heavy atom. The standard InChI is InChI=1S/C16H26ClN/c1-4-11-18-16(10-5-13(2)3)12-14-6-8-15(17)9-7-14/h6-9,13,16,18H,4-5,10-12H2,1-3H3. The maximum Gasteiger partial charge on any atom is 0.0406 e. The zero-order valence-corrected chi connectivity index (χ0v) is 12.6. The molecule has 0 saturated carbocycles. The van der Waals surface area contributed by atoms with Crippen LogP contribution in [0, 0.1) is 5.92 Å². The number of hydrogen-bond acceptors (Lipinski definition) is 1. The molecular weight excluding hydrogens is 242 g/mol. The topological polar surface area (TPSA) is 12.0 Å². The van der Waals surface area contributed by atoms with E-state index in [0.29, 0.717) is 6.04 Å². The van der Waals surface area contributed by atoms with Crippen molar-refractivity contribution in [1.29, 1.82) is 0 Å². The van der Waals surface area contributed by atoms with Crippen molar-refractivity contribution in [2.75, 3.05) is 6.54 Å². The normalized spacial score (nSPS) is 12.9. The zero-order chi connectivity index (χ0) is 13.4. The molecule has 0 aromatic heterocycles. The molecule has 0 bridgehead atoms. The van der Waals surface area contributed by atoms with Gasteiger partial charge in [-0.1, -0.05) is 44.5 Å². The van der Waals surface area contributed by atoms with Gasteiger partial charge in [0.2, 0.25) is 0 Å². The summed E-state index contributed by atoms with van der Waals surface area (Å²) in [5.74, 6) is 0.779. The maximum absolute atomic E-state index is 5.92. The van der Waals surface area contributed by atoms with Crippen molar-refractivity contribution in [3.8, 4) is 0 Å². The summed E-state index contributed by atoms with van der Waals surface area (Å²) in [5.41, 5.74) is 1.37. The third-order valence-electron chi connectivity index (χ3n) is 3.17. The minimum Gasteiger partial charge on any atom is -0.314 e. The second-order valence-electron chi connectivity index (χ2n) is 5.45. The van der Waals surface area contributed by atoms with Gasteiger partial charge in [-0.15, -0.1) is 0 Å². The number of halogens is 1. The lowest BCUT2D eigenvalue weighted by Crippen LogP contribution is -2.32. The predicted molar refractivity (Wildman–Crippen MR) is 81.3 cm³/mol. The minimum absolute atomic E-state index is 0.591. The lowest BCUT2D eigenvalue weighted by Gasteiger charge is -2.19. The fourth-order valence-electron chi connectivity index (χ4n) is 2.06. The molecule has 0 aliphatic rings. The highest BCUT2D eigenvalue weighted by Crippen LogP contribution is 2.14. The lowest BCUT2D eigenvalue weighted by molar-refractivity contribution is 0.427. The Bertz CT molecular complexity index is 318. The molecule has 1 atom stereocenters. The minimum atomic E-state index is 0.591. The van der Waals surface area contributed by atoms with E-state index < -0.39 is 0 Å². The van der Waals surface area contributed by atoms with Crippen molar-refractivity contribution < 1.29 is 0 Å². The van der Waals surface area contributed by atoms with Gasteiger partial charge < -0.3 is 5.32 Å². The van der Waals surface area contributed by atoms with Gasteiger partial charge in [0, 0.05) is 11.1 Å². The zero-order valence-electron chi connectivity index (χ0n) is 11.9. The van der Waals surface area contributed by atoms with Crippen molar-refractivity contribution in [1.82, 2.24) is 5.32 Å². The van der Waals surface area contributed by atoms with Crippen LogP contribution in [0.1, 0.15) is 45.6 Å². The molecule has 2 heteroatoms. The van der Waals surface area contributed by atoms with E-state index in [9.17, 15) is 0 Å². The second-order valence-corrected chi connectivity index (χ2v) is 5.89. The number of rotatable bonds is 8. The van der Waals surface area contributed by atoms with Crippen LogP contribution in [0.2, 0.25) is 5.02 Å². The van der Waals surface area contributed by atoms with Crippen molar-refractivity contribution in [3.63, 3.8) is 0 Å². The van der Waals surface area contributed by atoms with Crippen molar-refractivity contribution in [3.05, 3.63) is 34.9 Å². The van der Waals surface area contributed by atoms with Crippen LogP contribution in [0.15, 0.2) is 24.3 Å². The molecule has 0 radical (unpaired) electrons. The number of benzene rings is 1. The highest BCUT2D eigenvalue weighted by atomic mass is 35.5. The van der Waals surface area contributed by atoms with E-state index in [0.717, 1.165) is 23.9 Å². The van der Waals surface area contributed by atoms with Gasteiger partial charge in [0.25, 0.3) is 0 Å². The van der Waals surface area contributed by atoms with E-state index in [-0.39, 0.29) is 0 Å². The third-order valence-corrected chi connectivity index (χ3v) is 3.42. The highest BCUT2D eigenvalue weighted by molar-refractivity contribution is 6.30. The summed E-state index contributed by atoms with van der Waals surface area (Å²) in [7, 11) is 0. The Labute approximate surface area is 117 Å². The van der Waals surface area contributed by atoms with Crippen molar-refractivity contribution in [2.24, 2.45) is 5.92 Å². The van der Waals surface area contributed by atoms with Gasteiger partial charge in [-0.25, -0.2) is 0 Å². The summed E-state index contributed by atoms with van der Waals surface area (Å²) in [6, 6.07) is 8.83. The maximum atomic E-state index is 5.92. The summed E-state index contributed by atoms with van der Waals surface area (Å²) < 4.78 is 0. The summed E-state index contributed by atoms with van der Waals surface area (Å²) in [6.07, 6.45) is 4.83. The first-order chi connectivity index (χ1) is 8.61. The average molecular weight is 268 g/mol. The Balaban J connectivity index is 2.50. The fraction of sp³-hybridized carbons (Fsp3) is 0.625. The van der Waals surface area contributed by atoms with Gasteiger partial charge in [0.1, 0.15) is 0 Å². The molecule has 1 unspecified atom stereocenters. The smallest absolute Gasteiger partial charge is 0.0406 e. The predicted octanol–water partition coefficient (Wildman–Crippen LogP) is 4.69. The third kappa shape index (κ3) is 6.42. The van der Waals surface area contributed by atoms with E-state index in [1.54, 1.807) is 0 Å². The van der Waals surface area contributed by atoms with Crippen LogP contribution in [0.4, 0.5) is 0 Å². The molecule has 0 aliphatic heterocycles. The quantitative estimate of drug-likeness (QED) is 0.721. The summed E-state index contributed by atoms with van der Waals surface area (Å²) >= 11 is 5.92. The molecule has 0 heterocycles. The highest BCUT2D eigenvalue weighted by Gasteiger charge is 2.09. The van der Waals surface area contributed by atoms with E-state index in [2.05, 4.69) is 38.2 Å². The van der Waals surface area contributed by atoms with Crippen LogP contribution in [0.5, 0.6) is 0 Å². The van der Waals surface area contributed by atoms with E-state index in [1.807, 2.05) is 12.1 Å². The molecule has 1 aromatic rings. The monoisotopic (exact) mass is 267 g/mol. The number of nitrogens with one attached hydrogen (secondary N) is 1. The molecule has 1 rings (SSSR count). The largest absolute Gasteiger partial charge is 0.314 e. The summed E-state index contributed by atoms with van der Waals surface area (Å²) in [5, 5.41) is 4.47. The SMILES string of the molecule is CCCNC(CCC(C)C)Cc1ccc(Cl)cc1. The summed E-state index contributed by atoms with van der Waals surface area (Å²) in [6.45, 7) is 7.91. The van der Waals surface area contributed by atoms with Gasteiger partial charge >= 0.3 is 0 Å². The van der Waals surface area contributed by atoms with Gasteiger partial charge in [0.05, 0.1) is 0 Å². The molecule has 0 amide bonds. The van der Waals surface area contributed by atoms with Crippen LogP contribution in [0.25, 0.3) is 0 Å². The van der Waals surface area contributed by atoms with Gasteiger partial charge in [0.15, 0.2) is 0 Å². The molecule has 0 spiro atoms. The molecule has 1 nitrogen and oxygen atoms in total. The molecule has 102 valence electrons. The Kier molecular flexibility index (Phi) is 7.38. The lowest BCUT2D eigenvalue weighted by atomic mass is 9.97. The van der Waals surface area contributed by atoms with Crippen LogP contribution >= 0.6 is 11.6 Å². The Morgan fingerprint density at radius 1 is 1.11 bits per heavy atom. The van der Waals surface area contributed by atoms with Crippen molar-refractivity contribution in [2.45, 2.75) is 52.5 Å². The molecular formula is C16H26ClN. The number of hydrogen-bond donors (Lipinski definition) is 1. The molecule has 0 fully saturated rings. The first kappa shape index (κ1) is 15.5. The van der Waals surface area contributed by atoms with E-state index in [1.165, 1.54) is 24.8 Å². The van der Waals surface area contributed by atoms with Crippen LogP contribution in [0.3, 0.4) is 0 Å².